The second-order valence-corrected chi connectivity index (χ2v) is 7.88. The van der Waals surface area contributed by atoms with Crippen molar-refractivity contribution in [1.82, 2.24) is 10.2 Å². The average molecular weight is 391 g/mol. The van der Waals surface area contributed by atoms with Crippen LogP contribution in [0.2, 0.25) is 0 Å². The number of carbonyl (C=O) groups is 3. The van der Waals surface area contributed by atoms with Crippen LogP contribution in [0.5, 0.6) is 0 Å². The molecule has 0 bridgehead atoms. The number of urea groups is 1. The minimum atomic E-state index is -0.631. The fourth-order valence-corrected chi connectivity index (χ4v) is 3.83. The van der Waals surface area contributed by atoms with Crippen LogP contribution < -0.4 is 10.2 Å². The van der Waals surface area contributed by atoms with E-state index in [0.29, 0.717) is 11.6 Å². The number of nitrogens with zero attached hydrogens (tertiary/aromatic N) is 2. The molecule has 1 saturated heterocycles. The molecule has 2 unspecified atom stereocenters. The van der Waals surface area contributed by atoms with E-state index in [1.165, 1.54) is 4.90 Å². The predicted octanol–water partition coefficient (Wildman–Crippen LogP) is 3.42. The van der Waals surface area contributed by atoms with E-state index in [1.54, 1.807) is 19.1 Å². The molecule has 6 heteroatoms. The number of anilines is 1. The lowest BCUT2D eigenvalue weighted by atomic mass is 10.0. The Morgan fingerprint density at radius 3 is 2.34 bits per heavy atom. The molecule has 2 fully saturated rings. The summed E-state index contributed by atoms with van der Waals surface area (Å²) in [6, 6.07) is 16.0. The van der Waals surface area contributed by atoms with Crippen LogP contribution in [0.3, 0.4) is 0 Å². The van der Waals surface area contributed by atoms with E-state index in [2.05, 4.69) is 5.32 Å². The summed E-state index contributed by atoms with van der Waals surface area (Å²) in [7, 11) is 0. The molecule has 1 aliphatic carbocycles. The summed E-state index contributed by atoms with van der Waals surface area (Å²) in [5.74, 6) is -0.259. The number of imide groups is 1. The first kappa shape index (κ1) is 19.2. The molecule has 1 heterocycles. The monoisotopic (exact) mass is 391 g/mol. The third-order valence-electron chi connectivity index (χ3n) is 5.63. The number of carbonyl (C=O) groups excluding carboxylic acids is 3. The Morgan fingerprint density at radius 1 is 1.07 bits per heavy atom. The minimum absolute atomic E-state index is 0.0847. The van der Waals surface area contributed by atoms with Crippen molar-refractivity contribution < 1.29 is 14.4 Å². The van der Waals surface area contributed by atoms with Crippen LogP contribution in [0.4, 0.5) is 10.5 Å². The van der Waals surface area contributed by atoms with Gasteiger partial charge in [-0.25, -0.2) is 4.79 Å². The molecule has 150 valence electrons. The van der Waals surface area contributed by atoms with Crippen molar-refractivity contribution >= 4 is 23.5 Å². The average Bonchev–Trinajstić information content (AvgIpc) is 3.53. The summed E-state index contributed by atoms with van der Waals surface area (Å²) in [5.41, 5.74) is 2.87. The molecular weight excluding hydrogens is 366 g/mol. The van der Waals surface area contributed by atoms with Crippen LogP contribution in [-0.2, 0) is 9.59 Å². The van der Waals surface area contributed by atoms with Crippen LogP contribution >= 0.6 is 0 Å². The molecule has 4 amide bonds. The van der Waals surface area contributed by atoms with Gasteiger partial charge in [0, 0.05) is 5.69 Å². The maximum absolute atomic E-state index is 12.9. The lowest BCUT2D eigenvalue weighted by molar-refractivity contribution is -0.132. The van der Waals surface area contributed by atoms with E-state index in [1.807, 2.05) is 49.4 Å². The van der Waals surface area contributed by atoms with Crippen molar-refractivity contribution in [3.05, 3.63) is 65.7 Å². The van der Waals surface area contributed by atoms with Gasteiger partial charge < -0.3 is 5.32 Å². The molecule has 29 heavy (non-hydrogen) atoms. The molecule has 2 aromatic carbocycles. The van der Waals surface area contributed by atoms with Crippen LogP contribution in [-0.4, -0.2) is 35.3 Å². The van der Waals surface area contributed by atoms with E-state index >= 15 is 0 Å². The third kappa shape index (κ3) is 3.88. The van der Waals surface area contributed by atoms with Gasteiger partial charge in [0.2, 0.25) is 5.91 Å². The van der Waals surface area contributed by atoms with Crippen molar-refractivity contribution in [2.75, 3.05) is 11.4 Å². The maximum atomic E-state index is 12.9. The zero-order chi connectivity index (χ0) is 20.5. The summed E-state index contributed by atoms with van der Waals surface area (Å²) in [6.45, 7) is 3.45. The highest BCUT2D eigenvalue weighted by Gasteiger charge is 2.44. The highest BCUT2D eigenvalue weighted by Crippen LogP contribution is 2.41. The number of nitrogens with one attached hydrogen (secondary N) is 1. The van der Waals surface area contributed by atoms with Crippen molar-refractivity contribution in [1.29, 1.82) is 0 Å². The summed E-state index contributed by atoms with van der Waals surface area (Å²) in [4.78, 5) is 40.7. The Hall–Kier alpha value is -3.15. The first-order valence-electron chi connectivity index (χ1n) is 10.0. The minimum Gasteiger partial charge on any atom is -0.347 e. The Bertz CT molecular complexity index is 922. The van der Waals surface area contributed by atoms with Crippen molar-refractivity contribution in [3.63, 3.8) is 0 Å². The van der Waals surface area contributed by atoms with Gasteiger partial charge >= 0.3 is 6.03 Å². The number of para-hydroxylation sites is 1. The van der Waals surface area contributed by atoms with E-state index in [4.69, 9.17) is 0 Å². The zero-order valence-corrected chi connectivity index (χ0v) is 16.7. The molecule has 0 radical (unpaired) electrons. The quantitative estimate of drug-likeness (QED) is 0.767. The Kier molecular flexibility index (Phi) is 5.09. The molecule has 2 aromatic rings. The Labute approximate surface area is 170 Å². The number of amides is 4. The van der Waals surface area contributed by atoms with Crippen LogP contribution in [0.1, 0.15) is 36.9 Å². The topological polar surface area (TPSA) is 69.7 Å². The van der Waals surface area contributed by atoms with Crippen LogP contribution in [0, 0.1) is 12.8 Å². The fraction of sp³-hybridized carbons (Fsp3) is 0.348. The van der Waals surface area contributed by atoms with Crippen molar-refractivity contribution in [3.8, 4) is 0 Å². The van der Waals surface area contributed by atoms with E-state index < -0.39 is 12.1 Å². The summed E-state index contributed by atoms with van der Waals surface area (Å²) >= 11 is 0. The highest BCUT2D eigenvalue weighted by molar-refractivity contribution is 6.15. The fourth-order valence-electron chi connectivity index (χ4n) is 3.83. The summed E-state index contributed by atoms with van der Waals surface area (Å²) in [6.07, 6.45) is 2.14. The third-order valence-corrected chi connectivity index (χ3v) is 5.63. The van der Waals surface area contributed by atoms with Gasteiger partial charge in [0.15, 0.2) is 0 Å². The molecular formula is C23H25N3O3. The molecule has 1 N–H and O–H groups in total. The van der Waals surface area contributed by atoms with Gasteiger partial charge in [-0.1, -0.05) is 48.0 Å². The van der Waals surface area contributed by atoms with Crippen LogP contribution in [0.25, 0.3) is 0 Å². The SMILES string of the molecule is Cc1ccc(C(NC(=O)CN2C(=O)C(C)N(c3ccccc3)C2=O)C2CC2)cc1. The first-order chi connectivity index (χ1) is 14.0. The van der Waals surface area contributed by atoms with E-state index in [9.17, 15) is 14.4 Å². The van der Waals surface area contributed by atoms with Gasteiger partial charge in [-0.15, -0.1) is 0 Å². The smallest absolute Gasteiger partial charge is 0.332 e. The van der Waals surface area contributed by atoms with Gasteiger partial charge in [0.05, 0.1) is 6.04 Å². The van der Waals surface area contributed by atoms with Gasteiger partial charge in [-0.2, -0.15) is 0 Å². The van der Waals surface area contributed by atoms with Crippen molar-refractivity contribution in [2.45, 2.75) is 38.8 Å². The second kappa shape index (κ2) is 7.70. The maximum Gasteiger partial charge on any atom is 0.332 e. The van der Waals surface area contributed by atoms with Crippen LogP contribution in [0.15, 0.2) is 54.6 Å². The molecule has 6 nitrogen and oxygen atoms in total. The number of rotatable bonds is 6. The Morgan fingerprint density at radius 2 is 1.72 bits per heavy atom. The van der Waals surface area contributed by atoms with Crippen molar-refractivity contribution in [2.24, 2.45) is 5.92 Å². The molecule has 2 atom stereocenters. The molecule has 1 aliphatic heterocycles. The molecule has 2 aliphatic rings. The standard InChI is InChI=1S/C23H25N3O3/c1-15-8-10-17(11-9-15)21(18-12-13-18)24-20(27)14-25-22(28)16(2)26(23(25)29)19-6-4-3-5-7-19/h3-11,16,18,21H,12-14H2,1-2H3,(H,24,27). The van der Waals surface area contributed by atoms with Gasteiger partial charge in [-0.3, -0.25) is 19.4 Å². The second-order valence-electron chi connectivity index (χ2n) is 7.88. The van der Waals surface area contributed by atoms with Gasteiger partial charge in [0.1, 0.15) is 12.6 Å². The zero-order valence-electron chi connectivity index (χ0n) is 16.7. The Balaban J connectivity index is 1.46. The van der Waals surface area contributed by atoms with Gasteiger partial charge in [-0.05, 0) is 50.3 Å². The number of aryl methyl sites for hydroxylation is 1. The summed E-state index contributed by atoms with van der Waals surface area (Å²) < 4.78 is 0. The first-order valence-corrected chi connectivity index (χ1v) is 10.0. The number of hydrogen-bond acceptors (Lipinski definition) is 3. The largest absolute Gasteiger partial charge is 0.347 e. The lowest BCUT2D eigenvalue weighted by Crippen LogP contribution is -2.43. The van der Waals surface area contributed by atoms with E-state index in [0.717, 1.165) is 28.9 Å². The molecule has 0 aromatic heterocycles. The lowest BCUT2D eigenvalue weighted by Gasteiger charge is -2.21. The summed E-state index contributed by atoms with van der Waals surface area (Å²) in [5, 5.41) is 3.05. The normalized spacial score (nSPS) is 20.1. The number of benzene rings is 2. The highest BCUT2D eigenvalue weighted by atomic mass is 16.2. The molecule has 0 spiro atoms. The number of hydrogen-bond donors (Lipinski definition) is 1. The van der Waals surface area contributed by atoms with Gasteiger partial charge in [0.25, 0.3) is 5.91 Å². The molecule has 4 rings (SSSR count). The van der Waals surface area contributed by atoms with E-state index in [-0.39, 0.29) is 24.4 Å². The predicted molar refractivity (Wildman–Crippen MR) is 110 cm³/mol. The molecule has 1 saturated carbocycles.